The highest BCUT2D eigenvalue weighted by Crippen LogP contribution is 2.32. The Labute approximate surface area is 180 Å². The Morgan fingerprint density at radius 2 is 1.94 bits per heavy atom. The number of carbonyl (C=O) groups excluding carboxylic acids is 1. The normalized spacial score (nSPS) is 15.8. The van der Waals surface area contributed by atoms with E-state index in [1.807, 2.05) is 0 Å². The predicted molar refractivity (Wildman–Crippen MR) is 117 cm³/mol. The van der Waals surface area contributed by atoms with Gasteiger partial charge in [0.15, 0.2) is 0 Å². The van der Waals surface area contributed by atoms with Crippen LogP contribution in [0.1, 0.15) is 36.0 Å². The van der Waals surface area contributed by atoms with Gasteiger partial charge in [0.2, 0.25) is 15.9 Å². The largest absolute Gasteiger partial charge is 0.495 e. The molecular weight excluding hydrogens is 416 g/mol. The topological polar surface area (TPSA) is 97.6 Å². The molecule has 0 spiro atoms. The molecule has 5 rings (SSSR count). The molecule has 1 saturated carbocycles. The summed E-state index contributed by atoms with van der Waals surface area (Å²) in [5, 5.41) is 3.75. The predicted octanol–water partition coefficient (Wildman–Crippen LogP) is 3.55. The standard InChI is InChI=1S/C23H24N2O5S/c1-29-21-8-7-18(31(27,28)25-17-5-6-17)12-20(21)24-23(26)11-16-13-30-22-10-15-4-2-3-14(15)9-19(16)22/h7-10,12-13,17,25H,2-6,11H2,1H3,(H,24,26). The summed E-state index contributed by atoms with van der Waals surface area (Å²) in [7, 11) is -2.16. The maximum absolute atomic E-state index is 12.8. The number of carbonyl (C=O) groups is 1. The highest BCUT2D eigenvalue weighted by Gasteiger charge is 2.28. The second-order valence-electron chi connectivity index (χ2n) is 8.21. The Balaban J connectivity index is 1.37. The molecule has 0 aliphatic heterocycles. The van der Waals surface area contributed by atoms with Crippen LogP contribution in [0.2, 0.25) is 0 Å². The first-order valence-corrected chi connectivity index (χ1v) is 11.9. The minimum Gasteiger partial charge on any atom is -0.495 e. The first-order valence-electron chi connectivity index (χ1n) is 10.4. The van der Waals surface area contributed by atoms with Gasteiger partial charge >= 0.3 is 0 Å². The van der Waals surface area contributed by atoms with Gasteiger partial charge in [0.05, 0.1) is 30.4 Å². The summed E-state index contributed by atoms with van der Waals surface area (Å²) in [5.41, 5.74) is 4.55. The van der Waals surface area contributed by atoms with Gasteiger partial charge in [-0.1, -0.05) is 0 Å². The van der Waals surface area contributed by atoms with Gasteiger partial charge < -0.3 is 14.5 Å². The summed E-state index contributed by atoms with van der Waals surface area (Å²) in [6, 6.07) is 8.66. The highest BCUT2D eigenvalue weighted by molar-refractivity contribution is 7.89. The van der Waals surface area contributed by atoms with Crippen molar-refractivity contribution in [2.75, 3.05) is 12.4 Å². The van der Waals surface area contributed by atoms with Crippen LogP contribution in [0, 0.1) is 0 Å². The SMILES string of the molecule is COc1ccc(S(=O)(=O)NC2CC2)cc1NC(=O)Cc1coc2cc3c(cc12)CCC3. The summed E-state index contributed by atoms with van der Waals surface area (Å²) in [6.45, 7) is 0. The van der Waals surface area contributed by atoms with Crippen molar-refractivity contribution < 1.29 is 22.4 Å². The smallest absolute Gasteiger partial charge is 0.240 e. The van der Waals surface area contributed by atoms with E-state index >= 15 is 0 Å². The molecular formula is C23H24N2O5S. The Morgan fingerprint density at radius 1 is 1.16 bits per heavy atom. The lowest BCUT2D eigenvalue weighted by Gasteiger charge is -2.13. The Bertz CT molecular complexity index is 1270. The van der Waals surface area contributed by atoms with Gasteiger partial charge in [0.1, 0.15) is 11.3 Å². The van der Waals surface area contributed by atoms with Crippen LogP contribution in [0.25, 0.3) is 11.0 Å². The van der Waals surface area contributed by atoms with Crippen LogP contribution < -0.4 is 14.8 Å². The van der Waals surface area contributed by atoms with Crippen LogP contribution in [0.3, 0.4) is 0 Å². The van der Waals surface area contributed by atoms with Gasteiger partial charge in [-0.3, -0.25) is 4.79 Å². The first kappa shape index (κ1) is 20.1. The number of fused-ring (bicyclic) bond motifs is 2. The lowest BCUT2D eigenvalue weighted by Crippen LogP contribution is -2.26. The van der Waals surface area contributed by atoms with Crippen LogP contribution in [-0.2, 0) is 34.1 Å². The second-order valence-corrected chi connectivity index (χ2v) is 9.93. The molecule has 162 valence electrons. The number of hydrogen-bond donors (Lipinski definition) is 2. The molecule has 1 amide bonds. The second kappa shape index (κ2) is 7.69. The van der Waals surface area contributed by atoms with Crippen LogP contribution in [0.4, 0.5) is 5.69 Å². The molecule has 2 aromatic carbocycles. The molecule has 0 radical (unpaired) electrons. The molecule has 1 heterocycles. The van der Waals surface area contributed by atoms with E-state index in [0.717, 1.165) is 48.6 Å². The molecule has 3 aromatic rings. The fraction of sp³-hybridized carbons (Fsp3) is 0.348. The number of sulfonamides is 1. The summed E-state index contributed by atoms with van der Waals surface area (Å²) < 4.78 is 38.7. The molecule has 31 heavy (non-hydrogen) atoms. The number of rotatable bonds is 7. The minimum absolute atomic E-state index is 0.000892. The number of aryl methyl sites for hydroxylation is 2. The summed E-state index contributed by atoms with van der Waals surface area (Å²) in [4.78, 5) is 12.9. The van der Waals surface area contributed by atoms with Crippen LogP contribution in [0.15, 0.2) is 45.9 Å². The van der Waals surface area contributed by atoms with Crippen molar-refractivity contribution in [3.8, 4) is 5.75 Å². The van der Waals surface area contributed by atoms with Crippen molar-refractivity contribution >= 4 is 32.6 Å². The molecule has 1 fully saturated rings. The molecule has 7 nitrogen and oxygen atoms in total. The third-order valence-corrected chi connectivity index (χ3v) is 7.39. The zero-order chi connectivity index (χ0) is 21.6. The van der Waals surface area contributed by atoms with E-state index in [-0.39, 0.29) is 23.3 Å². The van der Waals surface area contributed by atoms with E-state index in [4.69, 9.17) is 9.15 Å². The quantitative estimate of drug-likeness (QED) is 0.586. The number of anilines is 1. The molecule has 2 aliphatic carbocycles. The monoisotopic (exact) mass is 440 g/mol. The van der Waals surface area contributed by atoms with Crippen molar-refractivity contribution in [2.24, 2.45) is 0 Å². The number of hydrogen-bond acceptors (Lipinski definition) is 5. The van der Waals surface area contributed by atoms with Crippen molar-refractivity contribution in [3.05, 3.63) is 53.3 Å². The van der Waals surface area contributed by atoms with Gasteiger partial charge in [0, 0.05) is 17.0 Å². The highest BCUT2D eigenvalue weighted by atomic mass is 32.2. The van der Waals surface area contributed by atoms with Gasteiger partial charge in [-0.2, -0.15) is 0 Å². The number of furan rings is 1. The molecule has 0 bridgehead atoms. The Morgan fingerprint density at radius 3 is 2.68 bits per heavy atom. The van der Waals surface area contributed by atoms with Crippen molar-refractivity contribution in [2.45, 2.75) is 49.5 Å². The van der Waals surface area contributed by atoms with E-state index in [9.17, 15) is 13.2 Å². The molecule has 1 aromatic heterocycles. The van der Waals surface area contributed by atoms with Gasteiger partial charge in [-0.15, -0.1) is 0 Å². The lowest BCUT2D eigenvalue weighted by atomic mass is 10.0. The summed E-state index contributed by atoms with van der Waals surface area (Å²) >= 11 is 0. The summed E-state index contributed by atoms with van der Waals surface area (Å²) in [6.07, 6.45) is 6.70. The van der Waals surface area contributed by atoms with Crippen LogP contribution in [-0.4, -0.2) is 27.5 Å². The zero-order valence-corrected chi connectivity index (χ0v) is 18.1. The fourth-order valence-corrected chi connectivity index (χ4v) is 5.42. The number of benzene rings is 2. The zero-order valence-electron chi connectivity index (χ0n) is 17.2. The first-order chi connectivity index (χ1) is 14.9. The average Bonchev–Trinajstić information content (AvgIpc) is 3.28. The number of nitrogens with one attached hydrogen (secondary N) is 2. The maximum atomic E-state index is 12.8. The molecule has 0 unspecified atom stereocenters. The van der Waals surface area contributed by atoms with Gasteiger partial charge in [-0.25, -0.2) is 13.1 Å². The molecule has 0 saturated heterocycles. The maximum Gasteiger partial charge on any atom is 0.240 e. The molecule has 0 atom stereocenters. The third-order valence-electron chi connectivity index (χ3n) is 5.87. The van der Waals surface area contributed by atoms with Crippen LogP contribution >= 0.6 is 0 Å². The van der Waals surface area contributed by atoms with E-state index in [1.54, 1.807) is 12.3 Å². The van der Waals surface area contributed by atoms with Gasteiger partial charge in [-0.05, 0) is 73.6 Å². The van der Waals surface area contributed by atoms with E-state index in [1.165, 1.54) is 30.4 Å². The molecule has 8 heteroatoms. The number of methoxy groups -OCH3 is 1. The van der Waals surface area contributed by atoms with E-state index in [0.29, 0.717) is 11.4 Å². The average molecular weight is 441 g/mol. The van der Waals surface area contributed by atoms with Crippen molar-refractivity contribution in [1.82, 2.24) is 4.72 Å². The van der Waals surface area contributed by atoms with Crippen molar-refractivity contribution in [1.29, 1.82) is 0 Å². The molecule has 2 N–H and O–H groups in total. The lowest BCUT2D eigenvalue weighted by molar-refractivity contribution is -0.115. The third kappa shape index (κ3) is 4.05. The van der Waals surface area contributed by atoms with E-state index < -0.39 is 10.0 Å². The number of amides is 1. The Kier molecular flexibility index (Phi) is 4.98. The fourth-order valence-electron chi connectivity index (χ4n) is 4.09. The van der Waals surface area contributed by atoms with Crippen molar-refractivity contribution in [3.63, 3.8) is 0 Å². The number of ether oxygens (including phenoxy) is 1. The van der Waals surface area contributed by atoms with E-state index in [2.05, 4.69) is 22.2 Å². The van der Waals surface area contributed by atoms with Crippen LogP contribution in [0.5, 0.6) is 5.75 Å². The minimum atomic E-state index is -3.64. The van der Waals surface area contributed by atoms with Gasteiger partial charge in [0.25, 0.3) is 0 Å². The summed E-state index contributed by atoms with van der Waals surface area (Å²) in [5.74, 6) is 0.125. The Hall–Kier alpha value is -2.84. The molecule has 2 aliphatic rings.